The summed E-state index contributed by atoms with van der Waals surface area (Å²) in [5.41, 5.74) is 7.77. The summed E-state index contributed by atoms with van der Waals surface area (Å²) in [5.74, 6) is 0.378. The van der Waals surface area contributed by atoms with Gasteiger partial charge in [0, 0.05) is 31.5 Å². The Hall–Kier alpha value is -2.27. The summed E-state index contributed by atoms with van der Waals surface area (Å²) in [6, 6.07) is 11.8. The van der Waals surface area contributed by atoms with E-state index in [2.05, 4.69) is 27.3 Å². The van der Waals surface area contributed by atoms with Crippen LogP contribution in [0.2, 0.25) is 5.02 Å². The van der Waals surface area contributed by atoms with Crippen LogP contribution in [0, 0.1) is 5.92 Å². The van der Waals surface area contributed by atoms with Gasteiger partial charge in [-0.3, -0.25) is 4.79 Å². The molecule has 126 valence electrons. The summed E-state index contributed by atoms with van der Waals surface area (Å²) in [6.45, 7) is 2.23. The summed E-state index contributed by atoms with van der Waals surface area (Å²) in [4.78, 5) is 18.0. The lowest BCUT2D eigenvalue weighted by Gasteiger charge is -2.34. The van der Waals surface area contributed by atoms with Crippen LogP contribution in [0.15, 0.2) is 42.6 Å². The van der Waals surface area contributed by atoms with Gasteiger partial charge in [0.2, 0.25) is 5.91 Å². The number of rotatable bonds is 5. The van der Waals surface area contributed by atoms with Crippen LogP contribution in [-0.2, 0) is 11.3 Å². The molecule has 1 fully saturated rings. The average molecular weight is 345 g/mol. The number of nitrogens with zero attached hydrogens (tertiary/aromatic N) is 2. The SMILES string of the molecule is NC(=O)[C@@H]1CCCN(c2ccccc2CNc2ncccc2Cl)C1. The van der Waals surface area contributed by atoms with Crippen molar-refractivity contribution in [1.82, 2.24) is 4.98 Å². The number of nitrogens with two attached hydrogens (primary N) is 1. The van der Waals surface area contributed by atoms with E-state index < -0.39 is 0 Å². The predicted octanol–water partition coefficient (Wildman–Crippen LogP) is 3.05. The number of hydrogen-bond acceptors (Lipinski definition) is 4. The number of piperidine rings is 1. The molecule has 3 N–H and O–H groups in total. The van der Waals surface area contributed by atoms with Crippen molar-refractivity contribution >= 4 is 29.0 Å². The van der Waals surface area contributed by atoms with E-state index in [1.165, 1.54) is 0 Å². The van der Waals surface area contributed by atoms with Crippen molar-refractivity contribution in [2.75, 3.05) is 23.3 Å². The molecule has 1 aromatic heterocycles. The second-order valence-electron chi connectivity index (χ2n) is 6.00. The Kier molecular flexibility index (Phi) is 5.20. The number of nitrogens with one attached hydrogen (secondary N) is 1. The van der Waals surface area contributed by atoms with Crippen LogP contribution in [0.5, 0.6) is 0 Å². The third kappa shape index (κ3) is 3.79. The molecular formula is C18H21ClN4O. The molecule has 1 amide bonds. The van der Waals surface area contributed by atoms with Gasteiger partial charge in [0.05, 0.1) is 10.9 Å². The van der Waals surface area contributed by atoms with Crippen molar-refractivity contribution in [3.63, 3.8) is 0 Å². The molecule has 0 unspecified atom stereocenters. The van der Waals surface area contributed by atoms with Gasteiger partial charge in [-0.05, 0) is 36.6 Å². The topological polar surface area (TPSA) is 71.2 Å². The standard InChI is InChI=1S/C18H21ClN4O/c19-15-7-3-9-21-18(15)22-11-13-5-1-2-8-16(13)23-10-4-6-14(12-23)17(20)24/h1-3,5,7-9,14H,4,6,10-12H2,(H2,20,24)(H,21,22)/t14-/m1/s1. The Balaban J connectivity index is 1.75. The largest absolute Gasteiger partial charge is 0.370 e. The first-order valence-corrected chi connectivity index (χ1v) is 8.49. The Bertz CT molecular complexity index is 722. The first kappa shape index (κ1) is 16.6. The molecule has 5 nitrogen and oxygen atoms in total. The van der Waals surface area contributed by atoms with Gasteiger partial charge in [0.15, 0.2) is 0 Å². The fraction of sp³-hybridized carbons (Fsp3) is 0.333. The van der Waals surface area contributed by atoms with Crippen molar-refractivity contribution in [2.24, 2.45) is 11.7 Å². The minimum absolute atomic E-state index is 0.0787. The molecule has 1 atom stereocenters. The van der Waals surface area contributed by atoms with Crippen LogP contribution in [0.1, 0.15) is 18.4 Å². The maximum atomic E-state index is 11.5. The van der Waals surface area contributed by atoms with Crippen molar-refractivity contribution < 1.29 is 4.79 Å². The van der Waals surface area contributed by atoms with E-state index in [0.717, 1.165) is 30.6 Å². The van der Waals surface area contributed by atoms with Crippen LogP contribution < -0.4 is 16.0 Å². The molecule has 24 heavy (non-hydrogen) atoms. The lowest BCUT2D eigenvalue weighted by Crippen LogP contribution is -2.41. The molecular weight excluding hydrogens is 324 g/mol. The second kappa shape index (κ2) is 7.53. The highest BCUT2D eigenvalue weighted by Crippen LogP contribution is 2.27. The van der Waals surface area contributed by atoms with Crippen molar-refractivity contribution in [3.8, 4) is 0 Å². The van der Waals surface area contributed by atoms with E-state index in [9.17, 15) is 4.79 Å². The van der Waals surface area contributed by atoms with E-state index in [0.29, 0.717) is 23.9 Å². The number of carbonyl (C=O) groups is 1. The van der Waals surface area contributed by atoms with Gasteiger partial charge < -0.3 is 16.0 Å². The van der Waals surface area contributed by atoms with Crippen LogP contribution >= 0.6 is 11.6 Å². The summed E-state index contributed by atoms with van der Waals surface area (Å²) in [5, 5.41) is 3.88. The number of hydrogen-bond donors (Lipinski definition) is 2. The minimum Gasteiger partial charge on any atom is -0.370 e. The zero-order valence-electron chi connectivity index (χ0n) is 13.4. The van der Waals surface area contributed by atoms with Gasteiger partial charge in [0.25, 0.3) is 0 Å². The summed E-state index contributed by atoms with van der Waals surface area (Å²) >= 11 is 6.15. The molecule has 6 heteroatoms. The van der Waals surface area contributed by atoms with Gasteiger partial charge in [-0.25, -0.2) is 4.98 Å². The molecule has 0 saturated carbocycles. The molecule has 1 aromatic carbocycles. The van der Waals surface area contributed by atoms with Gasteiger partial charge in [-0.15, -0.1) is 0 Å². The quantitative estimate of drug-likeness (QED) is 0.874. The Morgan fingerprint density at radius 1 is 1.33 bits per heavy atom. The van der Waals surface area contributed by atoms with E-state index in [4.69, 9.17) is 17.3 Å². The summed E-state index contributed by atoms with van der Waals surface area (Å²) in [6.07, 6.45) is 3.56. The van der Waals surface area contributed by atoms with Gasteiger partial charge in [0.1, 0.15) is 5.82 Å². The first-order valence-electron chi connectivity index (χ1n) is 8.11. The number of aromatic nitrogens is 1. The van der Waals surface area contributed by atoms with Crippen LogP contribution in [0.4, 0.5) is 11.5 Å². The predicted molar refractivity (Wildman–Crippen MR) is 97.1 cm³/mol. The second-order valence-corrected chi connectivity index (χ2v) is 6.41. The van der Waals surface area contributed by atoms with Crippen molar-refractivity contribution in [3.05, 3.63) is 53.2 Å². The molecule has 2 aromatic rings. The third-order valence-electron chi connectivity index (χ3n) is 4.36. The minimum atomic E-state index is -0.212. The van der Waals surface area contributed by atoms with Gasteiger partial charge >= 0.3 is 0 Å². The van der Waals surface area contributed by atoms with Crippen molar-refractivity contribution in [1.29, 1.82) is 0 Å². The highest BCUT2D eigenvalue weighted by molar-refractivity contribution is 6.32. The number of benzene rings is 1. The third-order valence-corrected chi connectivity index (χ3v) is 4.67. The van der Waals surface area contributed by atoms with E-state index in [1.807, 2.05) is 18.2 Å². The van der Waals surface area contributed by atoms with Crippen LogP contribution in [0.3, 0.4) is 0 Å². The van der Waals surface area contributed by atoms with Gasteiger partial charge in [-0.2, -0.15) is 0 Å². The fourth-order valence-electron chi connectivity index (χ4n) is 3.09. The number of primary amides is 1. The van der Waals surface area contributed by atoms with Gasteiger partial charge in [-0.1, -0.05) is 29.8 Å². The molecule has 1 aliphatic rings. The van der Waals surface area contributed by atoms with Crippen LogP contribution in [0.25, 0.3) is 0 Å². The molecule has 2 heterocycles. The molecule has 1 saturated heterocycles. The highest BCUT2D eigenvalue weighted by Gasteiger charge is 2.25. The molecule has 3 rings (SSSR count). The number of anilines is 2. The maximum Gasteiger partial charge on any atom is 0.222 e. The lowest BCUT2D eigenvalue weighted by atomic mass is 9.96. The number of para-hydroxylation sites is 1. The Morgan fingerprint density at radius 2 is 2.17 bits per heavy atom. The number of pyridine rings is 1. The fourth-order valence-corrected chi connectivity index (χ4v) is 3.28. The summed E-state index contributed by atoms with van der Waals surface area (Å²) in [7, 11) is 0. The Labute approximate surface area is 146 Å². The monoisotopic (exact) mass is 344 g/mol. The zero-order valence-corrected chi connectivity index (χ0v) is 14.2. The van der Waals surface area contributed by atoms with E-state index in [1.54, 1.807) is 12.3 Å². The number of carbonyl (C=O) groups excluding carboxylic acids is 1. The summed E-state index contributed by atoms with van der Waals surface area (Å²) < 4.78 is 0. The number of halogens is 1. The molecule has 0 bridgehead atoms. The normalized spacial score (nSPS) is 17.5. The molecule has 1 aliphatic heterocycles. The Morgan fingerprint density at radius 3 is 2.96 bits per heavy atom. The van der Waals surface area contributed by atoms with Crippen LogP contribution in [-0.4, -0.2) is 24.0 Å². The zero-order chi connectivity index (χ0) is 16.9. The molecule has 0 spiro atoms. The van der Waals surface area contributed by atoms with Crippen molar-refractivity contribution in [2.45, 2.75) is 19.4 Å². The molecule has 0 radical (unpaired) electrons. The molecule has 0 aliphatic carbocycles. The van der Waals surface area contributed by atoms with E-state index in [-0.39, 0.29) is 11.8 Å². The number of amides is 1. The average Bonchev–Trinajstić information content (AvgIpc) is 2.61. The highest BCUT2D eigenvalue weighted by atomic mass is 35.5. The van der Waals surface area contributed by atoms with E-state index >= 15 is 0 Å². The lowest BCUT2D eigenvalue weighted by molar-refractivity contribution is -0.122. The smallest absolute Gasteiger partial charge is 0.222 e. The maximum absolute atomic E-state index is 11.5. The first-order chi connectivity index (χ1) is 11.6.